The van der Waals surface area contributed by atoms with Crippen molar-refractivity contribution in [3.8, 4) is 0 Å². The molecule has 1 aromatic heterocycles. The molecule has 2 aliphatic carbocycles. The molecule has 1 aromatic rings. The average Bonchev–Trinajstić information content (AvgIpc) is 3.49. The van der Waals surface area contributed by atoms with Gasteiger partial charge in [-0.2, -0.15) is 0 Å². The van der Waals surface area contributed by atoms with Gasteiger partial charge in [0.1, 0.15) is 6.54 Å². The summed E-state index contributed by atoms with van der Waals surface area (Å²) >= 11 is 1.60. The molecular formula is C21H24N2O4S. The lowest BCUT2D eigenvalue weighted by Gasteiger charge is -2.27. The van der Waals surface area contributed by atoms with Gasteiger partial charge in [0.05, 0.1) is 24.5 Å². The third-order valence-electron chi connectivity index (χ3n) is 6.58. The standard InChI is InChI=1S/C21H24N2O4S/c24-17(22(10-15-3-1-7-27-15)11-16-4-2-8-28-16)12-23-20(25)18-13-5-6-14(9-13)19(18)21(23)26/h2,4-6,8,13-15,18-19H,1,3,7,9-12H2. The monoisotopic (exact) mass is 400 g/mol. The molecule has 148 valence electrons. The molecule has 7 heteroatoms. The molecular weight excluding hydrogens is 376 g/mol. The fourth-order valence-corrected chi connectivity index (χ4v) is 5.95. The lowest BCUT2D eigenvalue weighted by molar-refractivity contribution is -0.147. The first kappa shape index (κ1) is 18.1. The van der Waals surface area contributed by atoms with E-state index in [0.717, 1.165) is 30.7 Å². The zero-order valence-electron chi connectivity index (χ0n) is 15.7. The third-order valence-corrected chi connectivity index (χ3v) is 7.44. The number of nitrogens with zero attached hydrogens (tertiary/aromatic N) is 2. The number of fused-ring (bicyclic) bond motifs is 5. The predicted octanol–water partition coefficient (Wildman–Crippen LogP) is 2.06. The van der Waals surface area contributed by atoms with Crippen LogP contribution in [0.1, 0.15) is 24.1 Å². The Bertz CT molecular complexity index is 784. The van der Waals surface area contributed by atoms with Crippen molar-refractivity contribution in [3.63, 3.8) is 0 Å². The minimum atomic E-state index is -0.251. The number of allylic oxidation sites excluding steroid dienone is 2. The van der Waals surface area contributed by atoms with Crippen LogP contribution in [0.15, 0.2) is 29.7 Å². The summed E-state index contributed by atoms with van der Waals surface area (Å²) in [6, 6.07) is 3.96. The molecule has 4 aliphatic rings. The van der Waals surface area contributed by atoms with Gasteiger partial charge < -0.3 is 9.64 Å². The Balaban J connectivity index is 1.30. The zero-order chi connectivity index (χ0) is 19.3. The van der Waals surface area contributed by atoms with Crippen molar-refractivity contribution >= 4 is 29.1 Å². The van der Waals surface area contributed by atoms with Crippen LogP contribution in [0.3, 0.4) is 0 Å². The van der Waals surface area contributed by atoms with Gasteiger partial charge in [0.15, 0.2) is 0 Å². The molecule has 0 spiro atoms. The van der Waals surface area contributed by atoms with Gasteiger partial charge >= 0.3 is 0 Å². The molecule has 28 heavy (non-hydrogen) atoms. The van der Waals surface area contributed by atoms with Crippen LogP contribution in [0.2, 0.25) is 0 Å². The van der Waals surface area contributed by atoms with E-state index in [4.69, 9.17) is 4.74 Å². The minimum Gasteiger partial charge on any atom is -0.376 e. The van der Waals surface area contributed by atoms with E-state index < -0.39 is 0 Å². The molecule has 1 saturated carbocycles. The molecule has 0 aromatic carbocycles. The van der Waals surface area contributed by atoms with Crippen molar-refractivity contribution in [1.29, 1.82) is 0 Å². The van der Waals surface area contributed by atoms with Gasteiger partial charge in [-0.15, -0.1) is 11.3 Å². The normalized spacial score (nSPS) is 33.1. The second kappa shape index (κ2) is 7.12. The average molecular weight is 401 g/mol. The first-order valence-corrected chi connectivity index (χ1v) is 10.9. The van der Waals surface area contributed by atoms with Crippen LogP contribution < -0.4 is 0 Å². The van der Waals surface area contributed by atoms with E-state index in [1.165, 1.54) is 4.90 Å². The number of thiophene rings is 1. The smallest absolute Gasteiger partial charge is 0.243 e. The second-order valence-electron chi connectivity index (χ2n) is 8.25. The number of hydrogen-bond acceptors (Lipinski definition) is 5. The SMILES string of the molecule is O=C(CN1C(=O)C2C3C=CC(C3)C2C1=O)N(Cc1cccs1)CC1CCCO1. The highest BCUT2D eigenvalue weighted by Crippen LogP contribution is 2.52. The van der Waals surface area contributed by atoms with Gasteiger partial charge in [-0.05, 0) is 42.5 Å². The fourth-order valence-electron chi connectivity index (χ4n) is 5.23. The molecule has 5 unspecified atom stereocenters. The molecule has 5 rings (SSSR count). The molecule has 6 nitrogen and oxygen atoms in total. The number of hydrogen-bond donors (Lipinski definition) is 0. The van der Waals surface area contributed by atoms with E-state index >= 15 is 0 Å². The van der Waals surface area contributed by atoms with Crippen molar-refractivity contribution in [3.05, 3.63) is 34.5 Å². The molecule has 0 N–H and O–H groups in total. The highest BCUT2D eigenvalue weighted by Gasteiger charge is 2.59. The van der Waals surface area contributed by atoms with E-state index in [2.05, 4.69) is 12.2 Å². The Labute approximate surface area is 168 Å². The number of imide groups is 1. The van der Waals surface area contributed by atoms with Gasteiger partial charge in [-0.25, -0.2) is 0 Å². The van der Waals surface area contributed by atoms with Crippen LogP contribution in [0, 0.1) is 23.7 Å². The van der Waals surface area contributed by atoms with Crippen molar-refractivity contribution in [1.82, 2.24) is 9.80 Å². The van der Waals surface area contributed by atoms with Gasteiger partial charge in [-0.1, -0.05) is 18.2 Å². The second-order valence-corrected chi connectivity index (χ2v) is 9.28. The van der Waals surface area contributed by atoms with E-state index in [-0.39, 0.29) is 54.0 Å². The number of carbonyl (C=O) groups excluding carboxylic acids is 3. The number of likely N-dealkylation sites (tertiary alicyclic amines) is 1. The molecule has 3 amide bonds. The van der Waals surface area contributed by atoms with Crippen LogP contribution in [-0.4, -0.2) is 53.3 Å². The lowest BCUT2D eigenvalue weighted by Crippen LogP contribution is -2.45. The van der Waals surface area contributed by atoms with Gasteiger partial charge in [-0.3, -0.25) is 19.3 Å². The maximum absolute atomic E-state index is 13.1. The summed E-state index contributed by atoms with van der Waals surface area (Å²) in [7, 11) is 0. The Morgan fingerprint density at radius 3 is 2.57 bits per heavy atom. The first-order chi connectivity index (χ1) is 13.6. The molecule has 3 fully saturated rings. The summed E-state index contributed by atoms with van der Waals surface area (Å²) < 4.78 is 5.72. The zero-order valence-corrected chi connectivity index (χ0v) is 16.5. The summed E-state index contributed by atoms with van der Waals surface area (Å²) in [5.41, 5.74) is 0. The third kappa shape index (κ3) is 3.01. The molecule has 5 atom stereocenters. The Kier molecular flexibility index (Phi) is 4.59. The Morgan fingerprint density at radius 1 is 1.21 bits per heavy atom. The van der Waals surface area contributed by atoms with E-state index in [0.29, 0.717) is 13.1 Å². The van der Waals surface area contributed by atoms with Crippen LogP contribution in [0.25, 0.3) is 0 Å². The van der Waals surface area contributed by atoms with Gasteiger partial charge in [0.25, 0.3) is 0 Å². The number of carbonyl (C=O) groups is 3. The topological polar surface area (TPSA) is 66.9 Å². The van der Waals surface area contributed by atoms with Crippen molar-refractivity contribution in [2.24, 2.45) is 23.7 Å². The molecule has 0 radical (unpaired) electrons. The van der Waals surface area contributed by atoms with Gasteiger partial charge in [0, 0.05) is 18.0 Å². The molecule has 2 saturated heterocycles. The Morgan fingerprint density at radius 2 is 1.96 bits per heavy atom. The maximum Gasteiger partial charge on any atom is 0.243 e. The van der Waals surface area contributed by atoms with Crippen LogP contribution in [0.4, 0.5) is 0 Å². The number of ether oxygens (including phenoxy) is 1. The molecule has 2 aliphatic heterocycles. The highest BCUT2D eigenvalue weighted by molar-refractivity contribution is 7.09. The number of amides is 3. The quantitative estimate of drug-likeness (QED) is 0.542. The van der Waals surface area contributed by atoms with Crippen molar-refractivity contribution in [2.45, 2.75) is 31.9 Å². The largest absolute Gasteiger partial charge is 0.376 e. The van der Waals surface area contributed by atoms with Crippen molar-refractivity contribution < 1.29 is 19.1 Å². The van der Waals surface area contributed by atoms with Crippen molar-refractivity contribution in [2.75, 3.05) is 19.7 Å². The molecule has 3 heterocycles. The summed E-state index contributed by atoms with van der Waals surface area (Å²) in [6.07, 6.45) is 7.03. The van der Waals surface area contributed by atoms with Gasteiger partial charge in [0.2, 0.25) is 17.7 Å². The highest BCUT2D eigenvalue weighted by atomic mass is 32.1. The lowest BCUT2D eigenvalue weighted by atomic mass is 9.85. The first-order valence-electron chi connectivity index (χ1n) is 10.1. The summed E-state index contributed by atoms with van der Waals surface area (Å²) in [5, 5.41) is 1.99. The van der Waals surface area contributed by atoms with E-state index in [1.807, 2.05) is 17.5 Å². The minimum absolute atomic E-state index is 0.0355. The summed E-state index contributed by atoms with van der Waals surface area (Å²) in [4.78, 5) is 42.9. The molecule has 2 bridgehead atoms. The predicted molar refractivity (Wildman–Crippen MR) is 103 cm³/mol. The summed E-state index contributed by atoms with van der Waals surface area (Å²) in [5.74, 6) is -0.660. The Hall–Kier alpha value is -1.99. The van der Waals surface area contributed by atoms with Crippen LogP contribution in [0.5, 0.6) is 0 Å². The maximum atomic E-state index is 13.1. The number of rotatable bonds is 6. The van der Waals surface area contributed by atoms with E-state index in [9.17, 15) is 14.4 Å². The van der Waals surface area contributed by atoms with Crippen LogP contribution >= 0.6 is 11.3 Å². The summed E-state index contributed by atoms with van der Waals surface area (Å²) in [6.45, 7) is 1.58. The van der Waals surface area contributed by atoms with E-state index in [1.54, 1.807) is 16.2 Å². The fraction of sp³-hybridized carbons (Fsp3) is 0.571. The van der Waals surface area contributed by atoms with Crippen LogP contribution in [-0.2, 0) is 25.7 Å².